The molecule has 0 radical (unpaired) electrons. The molecule has 69 heavy (non-hydrogen) atoms. The van der Waals surface area contributed by atoms with E-state index in [1.54, 1.807) is 44.2 Å². The van der Waals surface area contributed by atoms with E-state index in [1.165, 1.54) is 6.92 Å². The van der Waals surface area contributed by atoms with Crippen molar-refractivity contribution in [2.45, 2.75) is 120 Å². The zero-order valence-corrected chi connectivity index (χ0v) is 39.0. The SMILES string of the molecule is CC(C)C[C@@H]1NC(=O)[C@@H](Cc2ccccc2)NC(=O)[C@H](CCN)NC(=O)[C@@H](NC(=O)[C@@H](CO)NC(=O)[C@@H]2COCC(=O)N2)CCNC(=O)[C@H]([C@@H](C)O)NC(=O)[C@H](CCN)NC(=O)[C@H](CCN)NC1=O. The number of hydrogen-bond acceptors (Lipinski definition) is 16. The van der Waals surface area contributed by atoms with Crippen molar-refractivity contribution in [3.8, 4) is 0 Å². The van der Waals surface area contributed by atoms with Crippen molar-refractivity contribution in [1.29, 1.82) is 0 Å². The summed E-state index contributed by atoms with van der Waals surface area (Å²) in [6.45, 7) is 2.42. The van der Waals surface area contributed by atoms with Gasteiger partial charge in [0.2, 0.25) is 59.1 Å². The maximum absolute atomic E-state index is 14.2. The highest BCUT2D eigenvalue weighted by atomic mass is 16.5. The minimum absolute atomic E-state index is 0.0624. The Hall–Kier alpha value is -6.32. The Morgan fingerprint density at radius 1 is 0.696 bits per heavy atom. The first kappa shape index (κ1) is 57.0. The third-order valence-corrected chi connectivity index (χ3v) is 10.9. The molecule has 0 aliphatic carbocycles. The van der Waals surface area contributed by atoms with E-state index < -0.39 is 139 Å². The van der Waals surface area contributed by atoms with Crippen LogP contribution < -0.4 is 70.4 Å². The number of aliphatic hydroxyl groups is 2. The largest absolute Gasteiger partial charge is 0.394 e. The van der Waals surface area contributed by atoms with Crippen molar-refractivity contribution in [2.75, 3.05) is 46.0 Å². The number of aliphatic hydroxyl groups excluding tert-OH is 2. The Morgan fingerprint density at radius 3 is 1.72 bits per heavy atom. The number of carbonyl (C=O) groups excluding carboxylic acids is 10. The molecule has 2 aliphatic heterocycles. The summed E-state index contributed by atoms with van der Waals surface area (Å²) in [7, 11) is 0. The van der Waals surface area contributed by atoms with E-state index in [0.29, 0.717) is 5.56 Å². The molecule has 0 bridgehead atoms. The Balaban J connectivity index is 2.09. The lowest BCUT2D eigenvalue weighted by Gasteiger charge is -2.28. The maximum atomic E-state index is 14.2. The molecule has 2 saturated heterocycles. The average molecular weight is 976 g/mol. The topological polar surface area (TPSA) is 419 Å². The highest BCUT2D eigenvalue weighted by Crippen LogP contribution is 2.11. The molecular weight excluding hydrogens is 907 g/mol. The lowest BCUT2D eigenvalue weighted by atomic mass is 10.00. The summed E-state index contributed by atoms with van der Waals surface area (Å²) in [6, 6.07) is -4.48. The first-order valence-electron chi connectivity index (χ1n) is 22.8. The fraction of sp³-hybridized carbons (Fsp3) is 0.628. The number of ether oxygens (including phenoxy) is 1. The molecule has 10 atom stereocenters. The zero-order chi connectivity index (χ0) is 51.2. The standard InChI is InChI=1S/C43H69N13O13/c1-22(2)17-29-39(64)51-25(9-13-44)35(60)50-27(11-15-46)38(63)56-34(23(3)58)43(68)47-16-12-28(52-41(66)31(19-57)55-42(67)32-20-69-21-33(59)48-32)37(62)49-26(10-14-45)36(61)54-30(40(65)53-29)18-24-7-5-4-6-8-24/h4-8,22-23,25-32,34,57-58H,9-21,44-46H2,1-3H3,(H,47,68)(H,48,59)(H,49,62)(H,50,60)(H,51,64)(H,52,66)(H,53,65)(H,54,61)(H,55,67)(H,56,63)/t23-,25+,26+,27+,28+,29+,30-,31-,32+,34+/m1/s1. The lowest BCUT2D eigenvalue weighted by Crippen LogP contribution is -2.61. The second-order valence-corrected chi connectivity index (χ2v) is 17.1. The fourth-order valence-electron chi connectivity index (χ4n) is 7.23. The van der Waals surface area contributed by atoms with Gasteiger partial charge in [0.05, 0.1) is 19.3 Å². The van der Waals surface area contributed by atoms with Gasteiger partial charge in [-0.1, -0.05) is 44.2 Å². The predicted molar refractivity (Wildman–Crippen MR) is 245 cm³/mol. The molecule has 10 amide bonds. The quantitative estimate of drug-likeness (QED) is 0.0732. The molecule has 2 fully saturated rings. The van der Waals surface area contributed by atoms with Gasteiger partial charge in [0.15, 0.2) is 0 Å². The molecule has 2 aliphatic rings. The summed E-state index contributed by atoms with van der Waals surface area (Å²) in [5.41, 5.74) is 18.1. The Bertz CT molecular complexity index is 1940. The second kappa shape index (κ2) is 28.9. The molecule has 0 saturated carbocycles. The monoisotopic (exact) mass is 976 g/mol. The molecule has 0 spiro atoms. The van der Waals surface area contributed by atoms with Crippen LogP contribution in [-0.4, -0.2) is 176 Å². The van der Waals surface area contributed by atoms with E-state index in [9.17, 15) is 58.2 Å². The predicted octanol–water partition coefficient (Wildman–Crippen LogP) is -7.39. The fourth-order valence-corrected chi connectivity index (χ4v) is 7.23. The third kappa shape index (κ3) is 18.6. The smallest absolute Gasteiger partial charge is 0.246 e. The van der Waals surface area contributed by atoms with Gasteiger partial charge >= 0.3 is 0 Å². The molecule has 0 unspecified atom stereocenters. The van der Waals surface area contributed by atoms with Crippen molar-refractivity contribution >= 4 is 59.1 Å². The summed E-state index contributed by atoms with van der Waals surface area (Å²) in [4.78, 5) is 136. The maximum Gasteiger partial charge on any atom is 0.246 e. The van der Waals surface area contributed by atoms with E-state index in [1.807, 2.05) is 0 Å². The van der Waals surface area contributed by atoms with Crippen molar-refractivity contribution < 1.29 is 62.9 Å². The summed E-state index contributed by atoms with van der Waals surface area (Å²) >= 11 is 0. The van der Waals surface area contributed by atoms with Gasteiger partial charge in [0, 0.05) is 13.0 Å². The summed E-state index contributed by atoms with van der Waals surface area (Å²) < 4.78 is 5.07. The molecule has 18 N–H and O–H groups in total. The first-order chi connectivity index (χ1) is 32.8. The van der Waals surface area contributed by atoms with E-state index in [2.05, 4.69) is 53.2 Å². The van der Waals surface area contributed by atoms with Crippen LogP contribution in [0.2, 0.25) is 0 Å². The third-order valence-electron chi connectivity index (χ3n) is 10.9. The van der Waals surface area contributed by atoms with Crippen molar-refractivity contribution in [3.05, 3.63) is 35.9 Å². The van der Waals surface area contributed by atoms with Gasteiger partial charge in [-0.05, 0) is 70.1 Å². The molecule has 3 rings (SSSR count). The molecule has 2 heterocycles. The molecule has 1 aromatic rings. The number of hydrogen-bond donors (Lipinski definition) is 15. The normalized spacial score (nSPS) is 26.0. The van der Waals surface area contributed by atoms with Crippen LogP contribution in [-0.2, 0) is 59.1 Å². The van der Waals surface area contributed by atoms with Gasteiger partial charge in [-0.25, -0.2) is 0 Å². The summed E-state index contributed by atoms with van der Waals surface area (Å²) in [5.74, 6) is -9.08. The second-order valence-electron chi connectivity index (χ2n) is 17.1. The first-order valence-corrected chi connectivity index (χ1v) is 22.8. The molecule has 0 aromatic heterocycles. The van der Waals surface area contributed by atoms with Crippen LogP contribution in [0, 0.1) is 5.92 Å². The van der Waals surface area contributed by atoms with Crippen molar-refractivity contribution in [3.63, 3.8) is 0 Å². The molecule has 1 aromatic carbocycles. The Morgan fingerprint density at radius 2 is 1.20 bits per heavy atom. The Kier molecular flexibility index (Phi) is 23.9. The van der Waals surface area contributed by atoms with Crippen LogP contribution in [0.25, 0.3) is 0 Å². The van der Waals surface area contributed by atoms with Crippen LogP contribution in [0.3, 0.4) is 0 Å². The van der Waals surface area contributed by atoms with Crippen LogP contribution in [0.15, 0.2) is 30.3 Å². The molecule has 384 valence electrons. The highest BCUT2D eigenvalue weighted by Gasteiger charge is 2.36. The van der Waals surface area contributed by atoms with Crippen LogP contribution in [0.1, 0.15) is 58.4 Å². The van der Waals surface area contributed by atoms with Crippen LogP contribution in [0.5, 0.6) is 0 Å². The van der Waals surface area contributed by atoms with Crippen molar-refractivity contribution in [1.82, 2.24) is 53.2 Å². The van der Waals surface area contributed by atoms with Gasteiger partial charge in [0.1, 0.15) is 61.0 Å². The van der Waals surface area contributed by atoms with Gasteiger partial charge in [0.25, 0.3) is 0 Å². The number of nitrogens with two attached hydrogens (primary N) is 3. The van der Waals surface area contributed by atoms with Crippen LogP contribution >= 0.6 is 0 Å². The summed E-state index contributed by atoms with van der Waals surface area (Å²) in [5, 5.41) is 45.7. The minimum Gasteiger partial charge on any atom is -0.394 e. The average Bonchev–Trinajstić information content (AvgIpc) is 3.30. The van der Waals surface area contributed by atoms with E-state index in [-0.39, 0.29) is 70.9 Å². The van der Waals surface area contributed by atoms with Gasteiger partial charge in [-0.15, -0.1) is 0 Å². The van der Waals surface area contributed by atoms with Gasteiger partial charge < -0.3 is 85.3 Å². The van der Waals surface area contributed by atoms with Gasteiger partial charge in [-0.3, -0.25) is 47.9 Å². The number of benzene rings is 1. The van der Waals surface area contributed by atoms with E-state index in [4.69, 9.17) is 21.9 Å². The van der Waals surface area contributed by atoms with Crippen LogP contribution in [0.4, 0.5) is 0 Å². The number of rotatable bonds is 16. The van der Waals surface area contributed by atoms with Crippen molar-refractivity contribution in [2.24, 2.45) is 23.1 Å². The number of carbonyl (C=O) groups is 10. The van der Waals surface area contributed by atoms with E-state index in [0.717, 1.165) is 0 Å². The molecule has 26 heteroatoms. The number of amides is 10. The highest BCUT2D eigenvalue weighted by molar-refractivity contribution is 5.99. The molecular formula is C43H69N13O13. The van der Waals surface area contributed by atoms with Gasteiger partial charge in [-0.2, -0.15) is 0 Å². The number of morpholine rings is 1. The lowest BCUT2D eigenvalue weighted by molar-refractivity contribution is -0.140. The Labute approximate surface area is 399 Å². The minimum atomic E-state index is -1.69. The zero-order valence-electron chi connectivity index (χ0n) is 39.0. The molecule has 26 nitrogen and oxygen atoms in total. The number of nitrogens with one attached hydrogen (secondary N) is 10. The van der Waals surface area contributed by atoms with E-state index >= 15 is 0 Å². The summed E-state index contributed by atoms with van der Waals surface area (Å²) in [6.07, 6.45) is -2.49.